The number of ether oxygens (including phenoxy) is 2. The number of carbonyl (C=O) groups excluding carboxylic acids is 2. The Kier molecular flexibility index (Phi) is 7.40. The Morgan fingerprint density at radius 2 is 1.66 bits per heavy atom. The minimum atomic E-state index is -1.50. The molecule has 2 aliphatic carbocycles. The molecule has 0 heterocycles. The van der Waals surface area contributed by atoms with Crippen LogP contribution in [0.4, 0.5) is 4.79 Å². The highest BCUT2D eigenvalue weighted by Gasteiger charge is 2.40. The molecular formula is C27H32N2O6. The van der Waals surface area contributed by atoms with E-state index >= 15 is 0 Å². The first-order valence-electron chi connectivity index (χ1n) is 12.0. The molecule has 0 aliphatic heterocycles. The van der Waals surface area contributed by atoms with E-state index in [1.165, 1.54) is 25.2 Å². The lowest BCUT2D eigenvalue weighted by molar-refractivity contribution is -0.150. The fourth-order valence-corrected chi connectivity index (χ4v) is 5.29. The summed E-state index contributed by atoms with van der Waals surface area (Å²) in [6, 6.07) is 16.3. The van der Waals surface area contributed by atoms with Crippen LogP contribution in [0.1, 0.15) is 43.2 Å². The van der Waals surface area contributed by atoms with Crippen LogP contribution in [-0.2, 0) is 19.1 Å². The number of carboxylic acid groups (broad SMARTS) is 1. The van der Waals surface area contributed by atoms with E-state index in [4.69, 9.17) is 9.47 Å². The SMILES string of the molecule is COCC(C)(NC(=O)[C@@H]1CCC[C@@H]1CNC(=O)OCC1c2ccccc2-c2ccccc21)C(=O)O. The van der Waals surface area contributed by atoms with Crippen molar-refractivity contribution in [2.45, 2.75) is 37.6 Å². The molecule has 2 aromatic rings. The van der Waals surface area contributed by atoms with Crippen molar-refractivity contribution in [2.24, 2.45) is 11.8 Å². The van der Waals surface area contributed by atoms with Gasteiger partial charge in [0.2, 0.25) is 5.91 Å². The molecule has 35 heavy (non-hydrogen) atoms. The minimum absolute atomic E-state index is 0.0207. The van der Waals surface area contributed by atoms with Gasteiger partial charge in [-0.3, -0.25) is 4.79 Å². The first-order valence-corrected chi connectivity index (χ1v) is 12.0. The molecule has 1 saturated carbocycles. The van der Waals surface area contributed by atoms with E-state index in [1.54, 1.807) is 0 Å². The van der Waals surface area contributed by atoms with Crippen molar-refractivity contribution in [1.29, 1.82) is 0 Å². The van der Waals surface area contributed by atoms with Gasteiger partial charge in [0.25, 0.3) is 0 Å². The average Bonchev–Trinajstić information content (AvgIpc) is 3.44. The summed E-state index contributed by atoms with van der Waals surface area (Å²) in [4.78, 5) is 37.0. The quantitative estimate of drug-likeness (QED) is 0.506. The van der Waals surface area contributed by atoms with Gasteiger partial charge in [-0.2, -0.15) is 0 Å². The molecular weight excluding hydrogens is 448 g/mol. The molecule has 2 aromatic carbocycles. The van der Waals surface area contributed by atoms with Gasteiger partial charge in [-0.25, -0.2) is 9.59 Å². The Balaban J connectivity index is 1.32. The number of aliphatic carboxylic acids is 1. The lowest BCUT2D eigenvalue weighted by atomic mass is 9.93. The molecule has 0 saturated heterocycles. The fourth-order valence-electron chi connectivity index (χ4n) is 5.29. The molecule has 3 atom stereocenters. The van der Waals surface area contributed by atoms with Crippen molar-refractivity contribution in [2.75, 3.05) is 26.9 Å². The van der Waals surface area contributed by atoms with Gasteiger partial charge in [0.05, 0.1) is 6.61 Å². The van der Waals surface area contributed by atoms with Crippen LogP contribution in [0.5, 0.6) is 0 Å². The van der Waals surface area contributed by atoms with Crippen LogP contribution in [0.3, 0.4) is 0 Å². The largest absolute Gasteiger partial charge is 0.479 e. The molecule has 0 bridgehead atoms. The van der Waals surface area contributed by atoms with Crippen LogP contribution in [0.25, 0.3) is 11.1 Å². The van der Waals surface area contributed by atoms with Crippen LogP contribution in [0.15, 0.2) is 48.5 Å². The lowest BCUT2D eigenvalue weighted by Gasteiger charge is -2.28. The zero-order chi connectivity index (χ0) is 25.0. The summed E-state index contributed by atoms with van der Waals surface area (Å²) >= 11 is 0. The maximum Gasteiger partial charge on any atom is 0.407 e. The normalized spacial score (nSPS) is 20.4. The summed E-state index contributed by atoms with van der Waals surface area (Å²) in [5, 5.41) is 14.9. The molecule has 1 unspecified atom stereocenters. The van der Waals surface area contributed by atoms with Crippen LogP contribution < -0.4 is 10.6 Å². The van der Waals surface area contributed by atoms with Gasteiger partial charge in [-0.1, -0.05) is 55.0 Å². The number of methoxy groups -OCH3 is 1. The van der Waals surface area contributed by atoms with Crippen molar-refractivity contribution in [3.8, 4) is 11.1 Å². The van der Waals surface area contributed by atoms with Gasteiger partial charge in [0.15, 0.2) is 5.54 Å². The molecule has 0 aromatic heterocycles. The molecule has 8 nitrogen and oxygen atoms in total. The third kappa shape index (κ3) is 5.17. The smallest absolute Gasteiger partial charge is 0.407 e. The number of amides is 2. The third-order valence-corrected chi connectivity index (χ3v) is 7.15. The zero-order valence-corrected chi connectivity index (χ0v) is 20.1. The Morgan fingerprint density at radius 1 is 1.03 bits per heavy atom. The van der Waals surface area contributed by atoms with E-state index in [9.17, 15) is 19.5 Å². The molecule has 0 radical (unpaired) electrons. The number of hydrogen-bond acceptors (Lipinski definition) is 5. The Morgan fingerprint density at radius 3 is 2.26 bits per heavy atom. The number of alkyl carbamates (subject to hydrolysis) is 1. The molecule has 8 heteroatoms. The average molecular weight is 481 g/mol. The van der Waals surface area contributed by atoms with Crippen LogP contribution in [0.2, 0.25) is 0 Å². The van der Waals surface area contributed by atoms with E-state index in [1.807, 2.05) is 24.3 Å². The van der Waals surface area contributed by atoms with E-state index in [0.717, 1.165) is 24.0 Å². The van der Waals surface area contributed by atoms with E-state index in [2.05, 4.69) is 34.9 Å². The van der Waals surface area contributed by atoms with Crippen LogP contribution in [0, 0.1) is 11.8 Å². The molecule has 3 N–H and O–H groups in total. The topological polar surface area (TPSA) is 114 Å². The predicted molar refractivity (Wildman–Crippen MR) is 130 cm³/mol. The van der Waals surface area contributed by atoms with E-state index < -0.39 is 17.6 Å². The minimum Gasteiger partial charge on any atom is -0.479 e. The highest BCUT2D eigenvalue weighted by molar-refractivity contribution is 5.88. The maximum atomic E-state index is 12.9. The predicted octanol–water partition coefficient (Wildman–Crippen LogP) is 3.55. The van der Waals surface area contributed by atoms with Crippen LogP contribution in [-0.4, -0.2) is 55.5 Å². The summed E-state index contributed by atoms with van der Waals surface area (Å²) in [5.74, 6) is -1.97. The third-order valence-electron chi connectivity index (χ3n) is 7.15. The number of nitrogens with one attached hydrogen (secondary N) is 2. The highest BCUT2D eigenvalue weighted by Crippen LogP contribution is 2.44. The summed E-state index contributed by atoms with van der Waals surface area (Å²) in [5.41, 5.74) is 3.12. The first kappa shape index (κ1) is 24.7. The van der Waals surface area contributed by atoms with Gasteiger partial charge in [0, 0.05) is 25.5 Å². The molecule has 4 rings (SSSR count). The van der Waals surface area contributed by atoms with Gasteiger partial charge < -0.3 is 25.2 Å². The second-order valence-corrected chi connectivity index (χ2v) is 9.56. The van der Waals surface area contributed by atoms with Crippen molar-refractivity contribution < 1.29 is 29.0 Å². The van der Waals surface area contributed by atoms with Gasteiger partial charge >= 0.3 is 12.1 Å². The Hall–Kier alpha value is -3.39. The van der Waals surface area contributed by atoms with Crippen LogP contribution >= 0.6 is 0 Å². The van der Waals surface area contributed by atoms with E-state index in [0.29, 0.717) is 13.0 Å². The Bertz CT molecular complexity index is 1060. The van der Waals surface area contributed by atoms with Crippen molar-refractivity contribution in [1.82, 2.24) is 10.6 Å². The summed E-state index contributed by atoms with van der Waals surface area (Å²) < 4.78 is 10.6. The monoisotopic (exact) mass is 480 g/mol. The molecule has 186 valence electrons. The number of benzene rings is 2. The number of carboxylic acids is 1. The maximum absolute atomic E-state index is 12.9. The fraction of sp³-hybridized carbons (Fsp3) is 0.444. The summed E-state index contributed by atoms with van der Waals surface area (Å²) in [6.07, 6.45) is 1.73. The van der Waals surface area contributed by atoms with Gasteiger partial charge in [-0.05, 0) is 47.9 Å². The standard InChI is InChI=1S/C27H32N2O6/c1-27(16-34-2,25(31)32)29-24(30)18-13-7-8-17(18)14-28-26(33)35-15-23-21-11-5-3-9-19(21)20-10-4-6-12-22(20)23/h3-6,9-12,17-18,23H,7-8,13-16H2,1-2H3,(H,28,33)(H,29,30)(H,31,32)/t17-,18-,27?/m1/s1. The highest BCUT2D eigenvalue weighted by atomic mass is 16.5. The van der Waals surface area contributed by atoms with Crippen molar-refractivity contribution >= 4 is 18.0 Å². The number of fused-ring (bicyclic) bond motifs is 3. The molecule has 1 fully saturated rings. The molecule has 2 aliphatic rings. The number of hydrogen-bond donors (Lipinski definition) is 3. The Labute approximate surface area is 205 Å². The van der Waals surface area contributed by atoms with Gasteiger partial charge in [0.1, 0.15) is 6.61 Å². The van der Waals surface area contributed by atoms with Crippen molar-refractivity contribution in [3.63, 3.8) is 0 Å². The van der Waals surface area contributed by atoms with Crippen molar-refractivity contribution in [3.05, 3.63) is 59.7 Å². The summed E-state index contributed by atoms with van der Waals surface area (Å²) in [7, 11) is 1.39. The first-order chi connectivity index (χ1) is 16.8. The molecule has 2 amide bonds. The summed E-state index contributed by atoms with van der Waals surface area (Å²) in [6.45, 7) is 1.81. The van der Waals surface area contributed by atoms with Gasteiger partial charge in [-0.15, -0.1) is 0 Å². The second kappa shape index (κ2) is 10.5. The lowest BCUT2D eigenvalue weighted by Crippen LogP contribution is -2.57. The number of rotatable bonds is 9. The number of carbonyl (C=O) groups is 3. The zero-order valence-electron chi connectivity index (χ0n) is 20.1. The molecule has 0 spiro atoms. The van der Waals surface area contributed by atoms with E-state index in [-0.39, 0.29) is 36.9 Å². The second-order valence-electron chi connectivity index (χ2n) is 9.56.